The molecular formula is C19H13N3O2S. The molecule has 0 unspecified atom stereocenters. The standard InChI is InChI=1S/C19H13N3O2S/c23-19(24)12-5-3-6-13(11-12)20-17-14-7-1-2-8-15(14)21-18(22-17)16-9-4-10-25-16/h1-11H,(H,23,24)(H,20,21,22). The molecule has 2 N–H and O–H groups in total. The number of carbonyl (C=O) groups is 1. The molecule has 0 saturated carbocycles. The van der Waals surface area contributed by atoms with Gasteiger partial charge in [0.1, 0.15) is 5.82 Å². The first-order valence-electron chi connectivity index (χ1n) is 7.62. The number of nitrogens with one attached hydrogen (secondary N) is 1. The summed E-state index contributed by atoms with van der Waals surface area (Å²) in [7, 11) is 0. The number of para-hydroxylation sites is 1. The molecule has 0 aliphatic heterocycles. The van der Waals surface area contributed by atoms with E-state index in [2.05, 4.69) is 15.3 Å². The third-order valence-electron chi connectivity index (χ3n) is 3.72. The molecule has 0 aliphatic rings. The zero-order chi connectivity index (χ0) is 17.2. The number of carboxylic acid groups (broad SMARTS) is 1. The van der Waals surface area contributed by atoms with E-state index in [9.17, 15) is 4.79 Å². The molecule has 0 fully saturated rings. The van der Waals surface area contributed by atoms with Crippen LogP contribution in [0.4, 0.5) is 11.5 Å². The maximum atomic E-state index is 11.2. The summed E-state index contributed by atoms with van der Waals surface area (Å²) in [5, 5.41) is 15.3. The van der Waals surface area contributed by atoms with E-state index in [1.54, 1.807) is 29.5 Å². The fourth-order valence-electron chi connectivity index (χ4n) is 2.55. The molecule has 4 rings (SSSR count). The number of fused-ring (bicyclic) bond motifs is 1. The lowest BCUT2D eigenvalue weighted by Gasteiger charge is -2.11. The Morgan fingerprint density at radius 1 is 1.00 bits per heavy atom. The third-order valence-corrected chi connectivity index (χ3v) is 4.58. The topological polar surface area (TPSA) is 75.1 Å². The Morgan fingerprint density at radius 3 is 2.68 bits per heavy atom. The van der Waals surface area contributed by atoms with Crippen molar-refractivity contribution >= 4 is 39.7 Å². The number of aromatic nitrogens is 2. The van der Waals surface area contributed by atoms with Crippen molar-refractivity contribution in [1.82, 2.24) is 9.97 Å². The summed E-state index contributed by atoms with van der Waals surface area (Å²) in [6.07, 6.45) is 0. The Labute approximate surface area is 147 Å². The van der Waals surface area contributed by atoms with E-state index in [1.165, 1.54) is 0 Å². The number of rotatable bonds is 4. The van der Waals surface area contributed by atoms with Gasteiger partial charge in [-0.15, -0.1) is 11.3 Å². The lowest BCUT2D eigenvalue weighted by Crippen LogP contribution is -2.01. The number of thiophene rings is 1. The van der Waals surface area contributed by atoms with E-state index < -0.39 is 5.97 Å². The molecule has 0 amide bonds. The molecule has 2 aromatic carbocycles. The molecule has 6 heteroatoms. The van der Waals surface area contributed by atoms with Crippen LogP contribution in [0.15, 0.2) is 66.0 Å². The summed E-state index contributed by atoms with van der Waals surface area (Å²) in [6, 6.07) is 18.3. The summed E-state index contributed by atoms with van der Waals surface area (Å²) < 4.78 is 0. The fraction of sp³-hybridized carbons (Fsp3) is 0. The minimum Gasteiger partial charge on any atom is -0.478 e. The fourth-order valence-corrected chi connectivity index (χ4v) is 3.21. The minimum absolute atomic E-state index is 0.224. The van der Waals surface area contributed by atoms with Crippen LogP contribution in [0.25, 0.3) is 21.6 Å². The average Bonchev–Trinajstić information content (AvgIpc) is 3.16. The van der Waals surface area contributed by atoms with Gasteiger partial charge in [-0.05, 0) is 41.8 Å². The van der Waals surface area contributed by atoms with Crippen LogP contribution in [0.5, 0.6) is 0 Å². The molecule has 0 atom stereocenters. The molecule has 2 heterocycles. The molecule has 2 aromatic heterocycles. The summed E-state index contributed by atoms with van der Waals surface area (Å²) in [5.41, 5.74) is 1.72. The molecule has 0 saturated heterocycles. The lowest BCUT2D eigenvalue weighted by atomic mass is 10.2. The molecule has 0 radical (unpaired) electrons. The van der Waals surface area contributed by atoms with Crippen LogP contribution in [-0.2, 0) is 0 Å². The van der Waals surface area contributed by atoms with Gasteiger partial charge < -0.3 is 10.4 Å². The summed E-state index contributed by atoms with van der Waals surface area (Å²) in [4.78, 5) is 21.4. The van der Waals surface area contributed by atoms with E-state index in [-0.39, 0.29) is 5.56 Å². The molecule has 5 nitrogen and oxygen atoms in total. The third kappa shape index (κ3) is 3.07. The number of anilines is 2. The highest BCUT2D eigenvalue weighted by Crippen LogP contribution is 2.29. The van der Waals surface area contributed by atoms with Crippen LogP contribution in [0.2, 0.25) is 0 Å². The van der Waals surface area contributed by atoms with Crippen LogP contribution in [0, 0.1) is 0 Å². The Balaban J connectivity index is 1.83. The van der Waals surface area contributed by atoms with Gasteiger partial charge in [0.05, 0.1) is 16.0 Å². The van der Waals surface area contributed by atoms with Gasteiger partial charge in [-0.3, -0.25) is 0 Å². The van der Waals surface area contributed by atoms with Crippen LogP contribution >= 0.6 is 11.3 Å². The van der Waals surface area contributed by atoms with Crippen LogP contribution in [-0.4, -0.2) is 21.0 Å². The van der Waals surface area contributed by atoms with Gasteiger partial charge in [-0.2, -0.15) is 0 Å². The highest BCUT2D eigenvalue weighted by molar-refractivity contribution is 7.13. The molecule has 122 valence electrons. The van der Waals surface area contributed by atoms with Crippen molar-refractivity contribution in [2.45, 2.75) is 0 Å². The highest BCUT2D eigenvalue weighted by atomic mass is 32.1. The van der Waals surface area contributed by atoms with Gasteiger partial charge in [0.25, 0.3) is 0 Å². The second-order valence-electron chi connectivity index (χ2n) is 5.40. The summed E-state index contributed by atoms with van der Waals surface area (Å²) in [6.45, 7) is 0. The van der Waals surface area contributed by atoms with Crippen molar-refractivity contribution in [2.24, 2.45) is 0 Å². The Bertz CT molecular complexity index is 1060. The number of carboxylic acids is 1. The minimum atomic E-state index is -0.963. The van der Waals surface area contributed by atoms with Gasteiger partial charge >= 0.3 is 5.97 Å². The number of nitrogens with zero attached hydrogens (tertiary/aromatic N) is 2. The van der Waals surface area contributed by atoms with E-state index in [4.69, 9.17) is 5.11 Å². The smallest absolute Gasteiger partial charge is 0.335 e. The van der Waals surface area contributed by atoms with Crippen LogP contribution < -0.4 is 5.32 Å². The Kier molecular flexibility index (Phi) is 3.87. The second kappa shape index (κ2) is 6.33. The van der Waals surface area contributed by atoms with Gasteiger partial charge in [0.15, 0.2) is 5.82 Å². The SMILES string of the molecule is O=C(O)c1cccc(Nc2nc(-c3cccs3)nc3ccccc23)c1. The van der Waals surface area contributed by atoms with Crippen LogP contribution in [0.3, 0.4) is 0 Å². The average molecular weight is 347 g/mol. The van der Waals surface area contributed by atoms with Gasteiger partial charge in [-0.1, -0.05) is 24.3 Å². The van der Waals surface area contributed by atoms with Crippen molar-refractivity contribution in [3.63, 3.8) is 0 Å². The lowest BCUT2D eigenvalue weighted by molar-refractivity contribution is 0.0697. The van der Waals surface area contributed by atoms with E-state index in [1.807, 2.05) is 47.8 Å². The molecule has 0 aliphatic carbocycles. The maximum Gasteiger partial charge on any atom is 0.335 e. The number of benzene rings is 2. The largest absolute Gasteiger partial charge is 0.478 e. The van der Waals surface area contributed by atoms with E-state index >= 15 is 0 Å². The quantitative estimate of drug-likeness (QED) is 0.554. The first-order chi connectivity index (χ1) is 12.2. The zero-order valence-corrected chi connectivity index (χ0v) is 13.8. The molecule has 0 spiro atoms. The molecule has 25 heavy (non-hydrogen) atoms. The van der Waals surface area contributed by atoms with Crippen molar-refractivity contribution in [3.05, 3.63) is 71.6 Å². The predicted molar refractivity (Wildman–Crippen MR) is 99.5 cm³/mol. The Hall–Kier alpha value is -3.25. The highest BCUT2D eigenvalue weighted by Gasteiger charge is 2.11. The number of aromatic carboxylic acids is 1. The Morgan fingerprint density at radius 2 is 1.88 bits per heavy atom. The van der Waals surface area contributed by atoms with Gasteiger partial charge in [0, 0.05) is 11.1 Å². The van der Waals surface area contributed by atoms with Crippen molar-refractivity contribution < 1.29 is 9.90 Å². The summed E-state index contributed by atoms with van der Waals surface area (Å²) in [5.74, 6) is 0.331. The second-order valence-corrected chi connectivity index (χ2v) is 6.35. The van der Waals surface area contributed by atoms with Crippen molar-refractivity contribution in [2.75, 3.05) is 5.32 Å². The zero-order valence-electron chi connectivity index (χ0n) is 13.0. The first-order valence-corrected chi connectivity index (χ1v) is 8.50. The van der Waals surface area contributed by atoms with Gasteiger partial charge in [-0.25, -0.2) is 14.8 Å². The summed E-state index contributed by atoms with van der Waals surface area (Å²) >= 11 is 1.58. The molecular weight excluding hydrogens is 334 g/mol. The number of hydrogen-bond donors (Lipinski definition) is 2. The monoisotopic (exact) mass is 347 g/mol. The molecule has 4 aromatic rings. The van der Waals surface area contributed by atoms with Gasteiger partial charge in [0.2, 0.25) is 0 Å². The van der Waals surface area contributed by atoms with E-state index in [0.29, 0.717) is 17.3 Å². The van der Waals surface area contributed by atoms with Crippen LogP contribution in [0.1, 0.15) is 10.4 Å². The van der Waals surface area contributed by atoms with Crippen molar-refractivity contribution in [3.8, 4) is 10.7 Å². The first kappa shape index (κ1) is 15.3. The maximum absolute atomic E-state index is 11.2. The predicted octanol–water partition coefficient (Wildman–Crippen LogP) is 4.80. The number of hydrogen-bond acceptors (Lipinski definition) is 5. The normalized spacial score (nSPS) is 10.7. The van der Waals surface area contributed by atoms with E-state index in [0.717, 1.165) is 15.8 Å². The van der Waals surface area contributed by atoms with Crippen molar-refractivity contribution in [1.29, 1.82) is 0 Å². The molecule has 0 bridgehead atoms.